The molecule has 1 aromatic heterocycles. The van der Waals surface area contributed by atoms with Gasteiger partial charge in [0.15, 0.2) is 5.69 Å². The standard InChI is InChI=1S/C81H49BF6N4/c1-89-62-36-37-65(69(50-62)81(86,87)88)68-49-61(80(83,84)85)35-39-74(68)92-72-31-17-14-28-66(72)67-46-55(34-38-73(67)92)60-47-77-79-78(48-60)91(64-44-58(53-24-10-4-11-25-53)41-59(45-64)54-26-12-5-13-27-54)76-33-19-16-30-71(76)82(79)70-29-15-18-32-75(70)90(77)63-42-56(51-20-6-2-7-21-51)40-57(43-63)52-22-8-3-9-23-52/h2-50H. The molecule has 4 nitrogen and oxygen atoms in total. The fraction of sp³-hybridized carbons (Fsp3) is 0.0247. The van der Waals surface area contributed by atoms with Crippen LogP contribution in [0.1, 0.15) is 11.1 Å². The lowest BCUT2D eigenvalue weighted by molar-refractivity contribution is -0.137. The van der Waals surface area contributed by atoms with Gasteiger partial charge in [0.2, 0.25) is 0 Å². The number of aromatic nitrogens is 1. The topological polar surface area (TPSA) is 15.8 Å². The van der Waals surface area contributed by atoms with E-state index < -0.39 is 29.0 Å². The molecule has 16 rings (SSSR count). The van der Waals surface area contributed by atoms with Crippen molar-refractivity contribution < 1.29 is 26.3 Å². The van der Waals surface area contributed by atoms with Gasteiger partial charge in [-0.15, -0.1) is 0 Å². The Balaban J connectivity index is 0.984. The van der Waals surface area contributed by atoms with Crippen molar-refractivity contribution in [2.45, 2.75) is 12.4 Å². The Labute approximate surface area is 527 Å². The molecule has 13 aromatic carbocycles. The highest BCUT2D eigenvalue weighted by Crippen LogP contribution is 2.51. The first-order valence-corrected chi connectivity index (χ1v) is 30.2. The van der Waals surface area contributed by atoms with E-state index in [9.17, 15) is 13.2 Å². The highest BCUT2D eigenvalue weighted by atomic mass is 19.4. The highest BCUT2D eigenvalue weighted by molar-refractivity contribution is 7.00. The fourth-order valence-electron chi connectivity index (χ4n) is 13.9. The van der Waals surface area contributed by atoms with E-state index in [-0.39, 0.29) is 23.7 Å². The van der Waals surface area contributed by atoms with Crippen LogP contribution in [0.15, 0.2) is 297 Å². The van der Waals surface area contributed by atoms with Gasteiger partial charge in [0.25, 0.3) is 6.71 Å². The molecule has 3 heterocycles. The van der Waals surface area contributed by atoms with E-state index >= 15 is 13.2 Å². The summed E-state index contributed by atoms with van der Waals surface area (Å²) >= 11 is 0. The average Bonchev–Trinajstić information content (AvgIpc) is 0.713. The molecule has 0 N–H and O–H groups in total. The normalized spacial score (nSPS) is 12.6. The van der Waals surface area contributed by atoms with E-state index in [1.165, 1.54) is 12.1 Å². The molecule has 0 unspecified atom stereocenters. The van der Waals surface area contributed by atoms with Crippen LogP contribution in [0, 0.1) is 6.57 Å². The first kappa shape index (κ1) is 55.7. The van der Waals surface area contributed by atoms with Gasteiger partial charge in [-0.25, -0.2) is 4.85 Å². The SMILES string of the molecule is [C-]#[N+]c1ccc(-c2cc(C(F)(F)F)ccc2-n2c3ccccc3c3cc(-c4cc5c6c(c4)N(c4cc(-c7ccccc7)cc(-c7ccccc7)c4)c4ccccc4B6c4ccccc4N5c4cc(-c5ccccc5)cc(-c5ccccc5)c4)ccc32)c(C(F)(F)F)c1. The molecule has 2 aliphatic rings. The zero-order valence-corrected chi connectivity index (χ0v) is 48.9. The fourth-order valence-corrected chi connectivity index (χ4v) is 13.9. The van der Waals surface area contributed by atoms with Crippen LogP contribution in [0.4, 0.5) is 66.2 Å². The van der Waals surface area contributed by atoms with Gasteiger partial charge in [0, 0.05) is 50.5 Å². The first-order valence-electron chi connectivity index (χ1n) is 30.2. The molecule has 0 radical (unpaired) electrons. The lowest BCUT2D eigenvalue weighted by atomic mass is 9.33. The number of hydrogen-bond acceptors (Lipinski definition) is 2. The molecular weight excluding hydrogens is 1150 g/mol. The van der Waals surface area contributed by atoms with Gasteiger partial charge >= 0.3 is 12.4 Å². The van der Waals surface area contributed by atoms with Crippen LogP contribution in [-0.4, -0.2) is 11.3 Å². The van der Waals surface area contributed by atoms with Crippen LogP contribution >= 0.6 is 0 Å². The Kier molecular flexibility index (Phi) is 13.2. The molecule has 0 bridgehead atoms. The van der Waals surface area contributed by atoms with Crippen molar-refractivity contribution in [2.24, 2.45) is 0 Å². The minimum Gasteiger partial charge on any atom is -0.311 e. The van der Waals surface area contributed by atoms with Crippen molar-refractivity contribution in [3.8, 4) is 72.4 Å². The first-order chi connectivity index (χ1) is 44.8. The van der Waals surface area contributed by atoms with Gasteiger partial charge in [-0.3, -0.25) is 0 Å². The number of para-hydroxylation sites is 3. The Morgan fingerprint density at radius 1 is 0.315 bits per heavy atom. The number of hydrogen-bond donors (Lipinski definition) is 0. The van der Waals surface area contributed by atoms with E-state index in [0.717, 1.165) is 135 Å². The number of rotatable bonds is 9. The van der Waals surface area contributed by atoms with Gasteiger partial charge in [-0.1, -0.05) is 194 Å². The highest BCUT2D eigenvalue weighted by Gasteiger charge is 2.44. The number of anilines is 6. The smallest absolute Gasteiger partial charge is 0.311 e. The zero-order chi connectivity index (χ0) is 62.4. The molecule has 0 saturated carbocycles. The van der Waals surface area contributed by atoms with E-state index in [1.54, 1.807) is 4.57 Å². The van der Waals surface area contributed by atoms with Gasteiger partial charge in [0.1, 0.15) is 0 Å². The van der Waals surface area contributed by atoms with Gasteiger partial charge in [0.05, 0.1) is 34.4 Å². The second-order valence-electron chi connectivity index (χ2n) is 23.3. The van der Waals surface area contributed by atoms with Crippen LogP contribution in [0.5, 0.6) is 0 Å². The van der Waals surface area contributed by atoms with Crippen molar-refractivity contribution in [3.05, 3.63) is 320 Å². The molecule has 438 valence electrons. The zero-order valence-electron chi connectivity index (χ0n) is 48.9. The van der Waals surface area contributed by atoms with E-state index in [0.29, 0.717) is 17.1 Å². The Hall–Kier alpha value is -11.6. The summed E-state index contributed by atoms with van der Waals surface area (Å²) in [4.78, 5) is 8.06. The van der Waals surface area contributed by atoms with Crippen molar-refractivity contribution in [1.29, 1.82) is 0 Å². The van der Waals surface area contributed by atoms with E-state index in [4.69, 9.17) is 6.57 Å². The van der Waals surface area contributed by atoms with Crippen LogP contribution in [-0.2, 0) is 12.4 Å². The van der Waals surface area contributed by atoms with Crippen LogP contribution in [0.3, 0.4) is 0 Å². The Morgan fingerprint density at radius 2 is 0.772 bits per heavy atom. The predicted molar refractivity (Wildman–Crippen MR) is 364 cm³/mol. The number of nitrogens with zero attached hydrogens (tertiary/aromatic N) is 4. The Bertz CT molecular complexity index is 4980. The van der Waals surface area contributed by atoms with E-state index in [2.05, 4.69) is 215 Å². The minimum atomic E-state index is -5.01. The molecule has 0 fully saturated rings. The van der Waals surface area contributed by atoms with Crippen molar-refractivity contribution in [2.75, 3.05) is 9.80 Å². The summed E-state index contributed by atoms with van der Waals surface area (Å²) in [6.45, 7) is 7.32. The van der Waals surface area contributed by atoms with Crippen LogP contribution in [0.25, 0.3) is 99.1 Å². The van der Waals surface area contributed by atoms with Crippen LogP contribution in [0.2, 0.25) is 0 Å². The summed E-state index contributed by atoms with van der Waals surface area (Å²) in [6, 6.07) is 96.6. The van der Waals surface area contributed by atoms with Gasteiger partial charge < -0.3 is 14.4 Å². The second-order valence-corrected chi connectivity index (χ2v) is 23.3. The molecule has 0 atom stereocenters. The van der Waals surface area contributed by atoms with Crippen molar-refractivity contribution >= 4 is 84.7 Å². The summed E-state index contributed by atoms with van der Waals surface area (Å²) in [5, 5.41) is 1.46. The van der Waals surface area contributed by atoms with Crippen molar-refractivity contribution in [1.82, 2.24) is 4.57 Å². The molecule has 0 aliphatic carbocycles. The largest absolute Gasteiger partial charge is 0.416 e. The molecule has 92 heavy (non-hydrogen) atoms. The molecule has 11 heteroatoms. The molecular formula is C81H49BF6N4. The molecule has 0 amide bonds. The number of fused-ring (bicyclic) bond motifs is 7. The lowest BCUT2D eigenvalue weighted by Crippen LogP contribution is -2.61. The molecule has 14 aromatic rings. The third kappa shape index (κ3) is 9.49. The second kappa shape index (κ2) is 21.9. The quantitative estimate of drug-likeness (QED) is 0.0813. The van der Waals surface area contributed by atoms with Gasteiger partial charge in [-0.05, 0) is 181 Å². The maximum absolute atomic E-state index is 15.2. The number of alkyl halides is 6. The summed E-state index contributed by atoms with van der Waals surface area (Å²) in [6.07, 6.45) is -9.89. The third-order valence-corrected chi connectivity index (χ3v) is 18.0. The minimum absolute atomic E-state index is 0.103. The Morgan fingerprint density at radius 3 is 1.26 bits per heavy atom. The number of halogens is 6. The van der Waals surface area contributed by atoms with Gasteiger partial charge in [-0.2, -0.15) is 26.3 Å². The van der Waals surface area contributed by atoms with Crippen molar-refractivity contribution in [3.63, 3.8) is 0 Å². The predicted octanol–water partition coefficient (Wildman–Crippen LogP) is 21.5. The maximum atomic E-state index is 15.2. The molecule has 2 aliphatic heterocycles. The monoisotopic (exact) mass is 1200 g/mol. The van der Waals surface area contributed by atoms with Crippen LogP contribution < -0.4 is 26.2 Å². The average molecular weight is 1200 g/mol. The maximum Gasteiger partial charge on any atom is 0.416 e. The number of benzene rings is 13. The molecule has 0 spiro atoms. The summed E-state index contributed by atoms with van der Waals surface area (Å²) < 4.78 is 91.5. The summed E-state index contributed by atoms with van der Waals surface area (Å²) in [5.41, 5.74) is 17.1. The summed E-state index contributed by atoms with van der Waals surface area (Å²) in [7, 11) is 0. The summed E-state index contributed by atoms with van der Waals surface area (Å²) in [5.74, 6) is 0. The third-order valence-electron chi connectivity index (χ3n) is 18.0. The lowest BCUT2D eigenvalue weighted by Gasteiger charge is -2.44. The molecule has 0 saturated heterocycles. The van der Waals surface area contributed by atoms with E-state index in [1.807, 2.05) is 60.7 Å².